The second-order valence-corrected chi connectivity index (χ2v) is 6.03. The minimum atomic E-state index is -0.934. The molecule has 0 spiro atoms. The van der Waals surface area contributed by atoms with E-state index in [0.717, 1.165) is 12.1 Å². The molecule has 2 amide bonds. The van der Waals surface area contributed by atoms with Crippen LogP contribution in [0.3, 0.4) is 0 Å². The van der Waals surface area contributed by atoms with Gasteiger partial charge in [0.2, 0.25) is 0 Å². The number of nitrogens with zero attached hydrogens (tertiary/aromatic N) is 2. The van der Waals surface area contributed by atoms with E-state index in [-0.39, 0.29) is 11.4 Å². The van der Waals surface area contributed by atoms with E-state index >= 15 is 0 Å². The molecule has 0 radical (unpaired) electrons. The quantitative estimate of drug-likeness (QED) is 0.929. The molecule has 0 aromatic heterocycles. The number of carbonyl (C=O) groups is 2. The summed E-state index contributed by atoms with van der Waals surface area (Å²) in [5, 5.41) is 9.27. The van der Waals surface area contributed by atoms with Crippen molar-refractivity contribution in [3.63, 3.8) is 0 Å². The number of amides is 2. The van der Waals surface area contributed by atoms with Crippen molar-refractivity contribution in [2.45, 2.75) is 31.7 Å². The SMILES string of the molecule is CCC1SCC(C(=O)O)N1C(=O)N(CC)c1ccccc1. The van der Waals surface area contributed by atoms with E-state index in [0.29, 0.717) is 12.3 Å². The van der Waals surface area contributed by atoms with Gasteiger partial charge in [-0.25, -0.2) is 9.59 Å². The standard InChI is InChI=1S/C15H20N2O3S/c1-3-13-17(12(10-21-13)14(18)19)15(20)16(4-2)11-8-6-5-7-9-11/h5-9,12-13H,3-4,10H2,1-2H3,(H,18,19). The molecular weight excluding hydrogens is 288 g/mol. The van der Waals surface area contributed by atoms with Gasteiger partial charge in [0.25, 0.3) is 0 Å². The van der Waals surface area contributed by atoms with Crippen molar-refractivity contribution in [1.82, 2.24) is 4.90 Å². The lowest BCUT2D eigenvalue weighted by molar-refractivity contribution is -0.141. The topological polar surface area (TPSA) is 60.9 Å². The van der Waals surface area contributed by atoms with Gasteiger partial charge in [-0.1, -0.05) is 25.1 Å². The third kappa shape index (κ3) is 3.15. The molecule has 2 atom stereocenters. The van der Waals surface area contributed by atoms with Crippen molar-refractivity contribution >= 4 is 29.4 Å². The molecule has 2 unspecified atom stereocenters. The van der Waals surface area contributed by atoms with Gasteiger partial charge in [0.15, 0.2) is 0 Å². The maximum absolute atomic E-state index is 12.8. The third-order valence-electron chi connectivity index (χ3n) is 3.56. The number of urea groups is 1. The minimum Gasteiger partial charge on any atom is -0.480 e. The molecule has 1 heterocycles. The number of hydrogen-bond donors (Lipinski definition) is 1. The molecule has 1 fully saturated rings. The van der Waals surface area contributed by atoms with Gasteiger partial charge in [0.05, 0.1) is 5.37 Å². The second-order valence-electron chi connectivity index (χ2n) is 4.82. The van der Waals surface area contributed by atoms with Gasteiger partial charge in [0.1, 0.15) is 6.04 Å². The zero-order valence-electron chi connectivity index (χ0n) is 12.2. The summed E-state index contributed by atoms with van der Waals surface area (Å²) in [5.41, 5.74) is 0.792. The zero-order chi connectivity index (χ0) is 15.4. The summed E-state index contributed by atoms with van der Waals surface area (Å²) < 4.78 is 0. The second kappa shape index (κ2) is 6.85. The summed E-state index contributed by atoms with van der Waals surface area (Å²) in [4.78, 5) is 27.4. The molecule has 1 aromatic carbocycles. The van der Waals surface area contributed by atoms with Gasteiger partial charge < -0.3 is 5.11 Å². The average molecular weight is 308 g/mol. The molecule has 0 saturated carbocycles. The first-order chi connectivity index (χ1) is 10.1. The Morgan fingerprint density at radius 1 is 1.33 bits per heavy atom. The van der Waals surface area contributed by atoms with Crippen molar-refractivity contribution in [1.29, 1.82) is 0 Å². The number of hydrogen-bond acceptors (Lipinski definition) is 3. The van der Waals surface area contributed by atoms with Crippen LogP contribution in [-0.2, 0) is 4.79 Å². The van der Waals surface area contributed by atoms with Crippen molar-refractivity contribution in [2.75, 3.05) is 17.2 Å². The molecule has 6 heteroatoms. The predicted molar refractivity (Wildman–Crippen MR) is 84.7 cm³/mol. The van der Waals surface area contributed by atoms with Crippen LogP contribution < -0.4 is 4.90 Å². The molecule has 1 aliphatic rings. The fourth-order valence-corrected chi connectivity index (χ4v) is 3.84. The molecule has 0 aliphatic carbocycles. The van der Waals surface area contributed by atoms with Crippen LogP contribution in [0.2, 0.25) is 0 Å². The molecule has 114 valence electrons. The summed E-state index contributed by atoms with van der Waals surface area (Å²) in [6, 6.07) is 8.38. The Kier molecular flexibility index (Phi) is 5.12. The minimum absolute atomic E-state index is 0.0728. The van der Waals surface area contributed by atoms with E-state index in [2.05, 4.69) is 0 Å². The first-order valence-electron chi connectivity index (χ1n) is 7.09. The Balaban J connectivity index is 2.28. The van der Waals surface area contributed by atoms with Gasteiger partial charge in [-0.3, -0.25) is 9.80 Å². The lowest BCUT2D eigenvalue weighted by Crippen LogP contribution is -2.51. The van der Waals surface area contributed by atoms with Crippen LogP contribution in [-0.4, -0.2) is 45.7 Å². The van der Waals surface area contributed by atoms with Crippen LogP contribution in [0.1, 0.15) is 20.3 Å². The van der Waals surface area contributed by atoms with Gasteiger partial charge in [-0.05, 0) is 25.5 Å². The molecule has 21 heavy (non-hydrogen) atoms. The van der Waals surface area contributed by atoms with E-state index in [9.17, 15) is 14.7 Å². The zero-order valence-corrected chi connectivity index (χ0v) is 13.0. The van der Waals surface area contributed by atoms with Crippen molar-refractivity contribution in [2.24, 2.45) is 0 Å². The number of anilines is 1. The van der Waals surface area contributed by atoms with E-state index in [4.69, 9.17) is 0 Å². The molecule has 1 aliphatic heterocycles. The Labute approximate surface area is 128 Å². The number of carbonyl (C=O) groups excluding carboxylic acids is 1. The van der Waals surface area contributed by atoms with E-state index in [1.165, 1.54) is 16.7 Å². The summed E-state index contributed by atoms with van der Waals surface area (Å²) in [6.07, 6.45) is 0.743. The molecule has 2 rings (SSSR count). The monoisotopic (exact) mass is 308 g/mol. The van der Waals surface area contributed by atoms with E-state index < -0.39 is 12.0 Å². The predicted octanol–water partition coefficient (Wildman–Crippen LogP) is 2.87. The summed E-state index contributed by atoms with van der Waals surface area (Å²) >= 11 is 1.54. The van der Waals surface area contributed by atoms with Crippen LogP contribution in [0.15, 0.2) is 30.3 Å². The van der Waals surface area contributed by atoms with Gasteiger partial charge in [-0.15, -0.1) is 11.8 Å². The highest BCUT2D eigenvalue weighted by Crippen LogP contribution is 2.33. The molecule has 1 N–H and O–H groups in total. The number of carboxylic acid groups (broad SMARTS) is 1. The maximum atomic E-state index is 12.8. The Hall–Kier alpha value is -1.69. The maximum Gasteiger partial charge on any atom is 0.327 e. The Bertz CT molecular complexity index is 509. The number of para-hydroxylation sites is 1. The Morgan fingerprint density at radius 3 is 2.52 bits per heavy atom. The molecule has 1 aromatic rings. The molecule has 5 nitrogen and oxygen atoms in total. The normalized spacial score (nSPS) is 21.3. The van der Waals surface area contributed by atoms with Gasteiger partial charge in [0, 0.05) is 18.0 Å². The van der Waals surface area contributed by atoms with Crippen LogP contribution in [0.5, 0.6) is 0 Å². The summed E-state index contributed by atoms with van der Waals surface area (Å²) in [7, 11) is 0. The number of rotatable bonds is 4. The molecule has 0 bridgehead atoms. The highest BCUT2D eigenvalue weighted by molar-refractivity contribution is 8.00. The van der Waals surface area contributed by atoms with Crippen LogP contribution in [0.4, 0.5) is 10.5 Å². The van der Waals surface area contributed by atoms with Gasteiger partial charge in [-0.2, -0.15) is 0 Å². The third-order valence-corrected chi connectivity index (χ3v) is 5.02. The van der Waals surface area contributed by atoms with Gasteiger partial charge >= 0.3 is 12.0 Å². The van der Waals surface area contributed by atoms with Crippen LogP contribution in [0.25, 0.3) is 0 Å². The fourth-order valence-electron chi connectivity index (χ4n) is 2.50. The van der Waals surface area contributed by atoms with E-state index in [1.54, 1.807) is 4.90 Å². The molecule has 1 saturated heterocycles. The first-order valence-corrected chi connectivity index (χ1v) is 8.14. The number of carboxylic acids is 1. The summed E-state index contributed by atoms with van der Waals surface area (Å²) in [6.45, 7) is 4.37. The lowest BCUT2D eigenvalue weighted by atomic mass is 10.2. The van der Waals surface area contributed by atoms with Crippen molar-refractivity contribution < 1.29 is 14.7 Å². The van der Waals surface area contributed by atoms with E-state index in [1.807, 2.05) is 44.2 Å². The summed E-state index contributed by atoms with van der Waals surface area (Å²) in [5.74, 6) is -0.484. The number of benzene rings is 1. The van der Waals surface area contributed by atoms with Crippen LogP contribution in [0, 0.1) is 0 Å². The molecular formula is C15H20N2O3S. The van der Waals surface area contributed by atoms with Crippen molar-refractivity contribution in [3.8, 4) is 0 Å². The highest BCUT2D eigenvalue weighted by Gasteiger charge is 2.42. The smallest absolute Gasteiger partial charge is 0.327 e. The number of aliphatic carboxylic acids is 1. The van der Waals surface area contributed by atoms with Crippen molar-refractivity contribution in [3.05, 3.63) is 30.3 Å². The average Bonchev–Trinajstić information content (AvgIpc) is 2.93. The Morgan fingerprint density at radius 2 is 2.00 bits per heavy atom. The first kappa shape index (κ1) is 15.7. The fraction of sp³-hybridized carbons (Fsp3) is 0.467. The lowest BCUT2D eigenvalue weighted by Gasteiger charge is -2.32. The largest absolute Gasteiger partial charge is 0.480 e. The highest BCUT2D eigenvalue weighted by atomic mass is 32.2. The number of thioether (sulfide) groups is 1. The van der Waals surface area contributed by atoms with Crippen LogP contribution >= 0.6 is 11.8 Å².